The normalized spacial score (nSPS) is 18.0. The van der Waals surface area contributed by atoms with Crippen molar-refractivity contribution in [2.45, 2.75) is 38.7 Å². The van der Waals surface area contributed by atoms with Crippen LogP contribution in [0.25, 0.3) is 22.3 Å². The molecule has 1 heterocycles. The molecular formula is C29H29F3O2. The Kier molecular flexibility index (Phi) is 7.73. The highest BCUT2D eigenvalue weighted by Crippen LogP contribution is 2.36. The van der Waals surface area contributed by atoms with Crippen molar-refractivity contribution in [1.82, 2.24) is 0 Å². The third-order valence-electron chi connectivity index (χ3n) is 6.35. The molecule has 0 aromatic heterocycles. The number of hydrogen-bond acceptors (Lipinski definition) is 2. The fourth-order valence-electron chi connectivity index (χ4n) is 4.51. The van der Waals surface area contributed by atoms with Crippen molar-refractivity contribution < 1.29 is 22.6 Å². The van der Waals surface area contributed by atoms with Crippen LogP contribution >= 0.6 is 0 Å². The molecule has 2 atom stereocenters. The Morgan fingerprint density at radius 2 is 1.68 bits per heavy atom. The quantitative estimate of drug-likeness (QED) is 0.311. The third kappa shape index (κ3) is 5.20. The third-order valence-corrected chi connectivity index (χ3v) is 6.35. The van der Waals surface area contributed by atoms with E-state index >= 15 is 0 Å². The van der Waals surface area contributed by atoms with E-state index in [2.05, 4.69) is 13.5 Å². The van der Waals surface area contributed by atoms with Crippen LogP contribution in [-0.2, 0) is 4.74 Å². The second kappa shape index (κ2) is 10.9. The van der Waals surface area contributed by atoms with Gasteiger partial charge in [-0.1, -0.05) is 62.4 Å². The lowest BCUT2D eigenvalue weighted by Crippen LogP contribution is -2.21. The lowest BCUT2D eigenvalue weighted by atomic mass is 9.91. The Morgan fingerprint density at radius 3 is 2.32 bits per heavy atom. The first-order valence-corrected chi connectivity index (χ1v) is 11.7. The van der Waals surface area contributed by atoms with Crippen molar-refractivity contribution >= 4 is 0 Å². The summed E-state index contributed by atoms with van der Waals surface area (Å²) in [6, 6.07) is 15.0. The summed E-state index contributed by atoms with van der Waals surface area (Å²) in [5.74, 6) is -1.89. The Bertz CT molecular complexity index is 1130. The molecule has 3 aromatic carbocycles. The van der Waals surface area contributed by atoms with Gasteiger partial charge in [0.15, 0.2) is 11.6 Å². The summed E-state index contributed by atoms with van der Waals surface area (Å²) in [4.78, 5) is 0. The molecule has 0 aliphatic carbocycles. The zero-order valence-electron chi connectivity index (χ0n) is 19.3. The summed E-state index contributed by atoms with van der Waals surface area (Å²) in [6.07, 6.45) is 5.42. The number of halogens is 3. The summed E-state index contributed by atoms with van der Waals surface area (Å²) in [7, 11) is 0. The fraction of sp³-hybridized carbons (Fsp3) is 0.310. The van der Waals surface area contributed by atoms with Crippen molar-refractivity contribution in [3.05, 3.63) is 90.3 Å². The van der Waals surface area contributed by atoms with E-state index in [1.54, 1.807) is 30.3 Å². The lowest BCUT2D eigenvalue weighted by molar-refractivity contribution is -0.0211. The van der Waals surface area contributed by atoms with Gasteiger partial charge in [0.25, 0.3) is 0 Å². The minimum atomic E-state index is -1.04. The summed E-state index contributed by atoms with van der Waals surface area (Å²) in [6.45, 7) is 6.44. The molecule has 0 saturated carbocycles. The highest BCUT2D eigenvalue weighted by atomic mass is 19.2. The molecule has 34 heavy (non-hydrogen) atoms. The van der Waals surface area contributed by atoms with Gasteiger partial charge < -0.3 is 9.47 Å². The number of ether oxygens (including phenoxy) is 2. The summed E-state index contributed by atoms with van der Waals surface area (Å²) < 4.78 is 55.0. The van der Waals surface area contributed by atoms with Crippen molar-refractivity contribution in [3.8, 4) is 28.0 Å². The van der Waals surface area contributed by atoms with Crippen molar-refractivity contribution in [1.29, 1.82) is 0 Å². The summed E-state index contributed by atoms with van der Waals surface area (Å²) >= 11 is 0. The standard InChI is InChI=1S/C29H29F3O2/c1-3-5-19-6-14-26(34-18-19)24-12-11-22(17-25(24)30)20-7-9-21(10-8-20)23-13-15-27(33-16-4-2)29(32)28(23)31/h4,7-13,15,17,19,26H,2-3,5-6,14,16,18H2,1H3. The van der Waals surface area contributed by atoms with E-state index in [-0.39, 0.29) is 29.8 Å². The molecule has 1 saturated heterocycles. The van der Waals surface area contributed by atoms with Gasteiger partial charge in [-0.15, -0.1) is 0 Å². The maximum absolute atomic E-state index is 14.9. The van der Waals surface area contributed by atoms with Crippen LogP contribution < -0.4 is 4.74 Å². The zero-order valence-corrected chi connectivity index (χ0v) is 19.3. The Labute approximate surface area is 199 Å². The van der Waals surface area contributed by atoms with Crippen LogP contribution in [0.1, 0.15) is 44.3 Å². The van der Waals surface area contributed by atoms with Crippen molar-refractivity contribution in [3.63, 3.8) is 0 Å². The van der Waals surface area contributed by atoms with Gasteiger partial charge in [0.2, 0.25) is 5.82 Å². The van der Waals surface area contributed by atoms with Gasteiger partial charge in [-0.3, -0.25) is 0 Å². The summed E-state index contributed by atoms with van der Waals surface area (Å²) in [5, 5.41) is 0. The summed E-state index contributed by atoms with van der Waals surface area (Å²) in [5.41, 5.74) is 2.74. The van der Waals surface area contributed by atoms with Crippen molar-refractivity contribution in [2.75, 3.05) is 13.2 Å². The molecule has 4 rings (SSSR count). The maximum atomic E-state index is 14.9. The second-order valence-electron chi connectivity index (χ2n) is 8.71. The minimum absolute atomic E-state index is 0.0893. The van der Waals surface area contributed by atoms with E-state index in [1.807, 2.05) is 6.07 Å². The molecule has 0 amide bonds. The molecule has 0 bridgehead atoms. The molecule has 2 unspecified atom stereocenters. The van der Waals surface area contributed by atoms with Crippen LogP contribution in [0.2, 0.25) is 0 Å². The predicted octanol–water partition coefficient (Wildman–Crippen LogP) is 8.27. The van der Waals surface area contributed by atoms with Crippen molar-refractivity contribution in [2.24, 2.45) is 5.92 Å². The van der Waals surface area contributed by atoms with Crippen LogP contribution in [0, 0.1) is 23.4 Å². The average Bonchev–Trinajstić information content (AvgIpc) is 2.86. The van der Waals surface area contributed by atoms with Crippen LogP contribution in [0.5, 0.6) is 5.75 Å². The number of hydrogen-bond donors (Lipinski definition) is 0. The van der Waals surface area contributed by atoms with Gasteiger partial charge in [0.1, 0.15) is 12.4 Å². The Hall–Kier alpha value is -3.05. The fourth-order valence-corrected chi connectivity index (χ4v) is 4.51. The molecule has 0 spiro atoms. The predicted molar refractivity (Wildman–Crippen MR) is 129 cm³/mol. The minimum Gasteiger partial charge on any atom is -0.486 e. The molecule has 0 radical (unpaired) electrons. The monoisotopic (exact) mass is 466 g/mol. The largest absolute Gasteiger partial charge is 0.486 e. The molecule has 3 aromatic rings. The van der Waals surface area contributed by atoms with E-state index in [0.717, 1.165) is 31.2 Å². The SMILES string of the molecule is C=CCOc1ccc(-c2ccc(-c3ccc(C4CCC(CCC)CO4)c(F)c3)cc2)c(F)c1F. The van der Waals surface area contributed by atoms with Gasteiger partial charge in [-0.25, -0.2) is 8.78 Å². The van der Waals surface area contributed by atoms with Crippen LogP contribution in [0.4, 0.5) is 13.2 Å². The van der Waals surface area contributed by atoms with Gasteiger partial charge in [0.05, 0.1) is 12.7 Å². The molecule has 1 aliphatic heterocycles. The molecular weight excluding hydrogens is 437 g/mol. The maximum Gasteiger partial charge on any atom is 0.201 e. The van der Waals surface area contributed by atoms with Gasteiger partial charge in [-0.2, -0.15) is 4.39 Å². The lowest BCUT2D eigenvalue weighted by Gasteiger charge is -2.29. The van der Waals surface area contributed by atoms with Gasteiger partial charge >= 0.3 is 0 Å². The Balaban J connectivity index is 1.50. The van der Waals surface area contributed by atoms with E-state index < -0.39 is 11.6 Å². The number of rotatable bonds is 8. The van der Waals surface area contributed by atoms with Gasteiger partial charge in [0, 0.05) is 11.1 Å². The smallest absolute Gasteiger partial charge is 0.201 e. The molecule has 0 N–H and O–H groups in total. The molecule has 5 heteroatoms. The second-order valence-corrected chi connectivity index (χ2v) is 8.71. The highest BCUT2D eigenvalue weighted by molar-refractivity contribution is 5.71. The van der Waals surface area contributed by atoms with Crippen LogP contribution in [0.3, 0.4) is 0 Å². The van der Waals surface area contributed by atoms with Crippen LogP contribution in [-0.4, -0.2) is 13.2 Å². The van der Waals surface area contributed by atoms with E-state index in [4.69, 9.17) is 9.47 Å². The average molecular weight is 467 g/mol. The molecule has 1 fully saturated rings. The van der Waals surface area contributed by atoms with E-state index in [1.165, 1.54) is 24.3 Å². The number of benzene rings is 3. The topological polar surface area (TPSA) is 18.5 Å². The molecule has 178 valence electrons. The Morgan fingerprint density at radius 1 is 0.941 bits per heavy atom. The molecule has 1 aliphatic rings. The first-order valence-electron chi connectivity index (χ1n) is 11.7. The highest BCUT2D eigenvalue weighted by Gasteiger charge is 2.24. The first-order chi connectivity index (χ1) is 16.5. The van der Waals surface area contributed by atoms with Gasteiger partial charge in [-0.05, 0) is 60.1 Å². The molecule has 2 nitrogen and oxygen atoms in total. The van der Waals surface area contributed by atoms with E-state index in [9.17, 15) is 13.2 Å². The first kappa shape index (κ1) is 24.1. The zero-order chi connectivity index (χ0) is 24.1. The van der Waals surface area contributed by atoms with E-state index in [0.29, 0.717) is 29.2 Å². The van der Waals surface area contributed by atoms with Crippen LogP contribution in [0.15, 0.2) is 67.3 Å².